The Hall–Kier alpha value is -1.76. The quantitative estimate of drug-likeness (QED) is 0.785. The average Bonchev–Trinajstić information content (AvgIpc) is 2.38. The van der Waals surface area contributed by atoms with E-state index >= 15 is 0 Å². The first-order chi connectivity index (χ1) is 9.42. The Morgan fingerprint density at radius 2 is 1.90 bits per heavy atom. The molecule has 0 radical (unpaired) electrons. The first-order valence-corrected chi connectivity index (χ1v) is 6.08. The van der Waals surface area contributed by atoms with Crippen molar-refractivity contribution in [3.05, 3.63) is 29.8 Å². The van der Waals surface area contributed by atoms with E-state index in [9.17, 15) is 18.0 Å². The fourth-order valence-corrected chi connectivity index (χ4v) is 1.40. The summed E-state index contributed by atoms with van der Waals surface area (Å²) in [6, 6.07) is 6.46. The van der Waals surface area contributed by atoms with Gasteiger partial charge in [-0.05, 0) is 31.2 Å². The third-order valence-electron chi connectivity index (χ3n) is 2.23. The number of carbonyl (C=O) groups excluding carboxylic acids is 1. The van der Waals surface area contributed by atoms with Gasteiger partial charge >= 0.3 is 6.18 Å². The molecule has 0 saturated heterocycles. The normalized spacial score (nSPS) is 11.2. The van der Waals surface area contributed by atoms with Gasteiger partial charge in [0, 0.05) is 12.1 Å². The second-order valence-corrected chi connectivity index (χ2v) is 3.88. The van der Waals surface area contributed by atoms with Crippen molar-refractivity contribution in [3.8, 4) is 5.75 Å². The van der Waals surface area contributed by atoms with Crippen LogP contribution in [0.4, 0.5) is 13.2 Å². The zero-order chi connectivity index (χ0) is 15.0. The lowest BCUT2D eigenvalue weighted by atomic mass is 10.2. The second kappa shape index (κ2) is 7.74. The van der Waals surface area contributed by atoms with Gasteiger partial charge in [-0.3, -0.25) is 4.79 Å². The first-order valence-electron chi connectivity index (χ1n) is 6.08. The van der Waals surface area contributed by atoms with E-state index in [0.717, 1.165) is 0 Å². The highest BCUT2D eigenvalue weighted by Gasteiger charge is 2.27. The lowest BCUT2D eigenvalue weighted by Crippen LogP contribution is -2.28. The van der Waals surface area contributed by atoms with Crippen LogP contribution in [0.1, 0.15) is 17.3 Å². The molecule has 0 aliphatic heterocycles. The summed E-state index contributed by atoms with van der Waals surface area (Å²) in [5.41, 5.74) is 0.407. The van der Waals surface area contributed by atoms with Crippen molar-refractivity contribution in [2.45, 2.75) is 13.1 Å². The highest BCUT2D eigenvalue weighted by molar-refractivity contribution is 5.94. The van der Waals surface area contributed by atoms with E-state index in [-0.39, 0.29) is 19.1 Å². The molecule has 0 bridgehead atoms. The molecule has 112 valence electrons. The number of alkyl halides is 3. The SMILES string of the molecule is CCOc1ccc(C(=O)NCCOCC(F)(F)F)cc1. The van der Waals surface area contributed by atoms with Crippen LogP contribution >= 0.6 is 0 Å². The summed E-state index contributed by atoms with van der Waals surface area (Å²) < 4.78 is 45.0. The summed E-state index contributed by atoms with van der Waals surface area (Å²) >= 11 is 0. The molecular weight excluding hydrogens is 275 g/mol. The largest absolute Gasteiger partial charge is 0.494 e. The zero-order valence-electron chi connectivity index (χ0n) is 11.0. The minimum Gasteiger partial charge on any atom is -0.494 e. The summed E-state index contributed by atoms with van der Waals surface area (Å²) in [4.78, 5) is 11.6. The van der Waals surface area contributed by atoms with Gasteiger partial charge in [0.2, 0.25) is 0 Å². The molecule has 1 aromatic carbocycles. The molecule has 0 atom stereocenters. The molecule has 0 saturated carbocycles. The fourth-order valence-electron chi connectivity index (χ4n) is 1.40. The van der Waals surface area contributed by atoms with Crippen LogP contribution in [0, 0.1) is 0 Å². The Balaban J connectivity index is 2.28. The minimum absolute atomic E-state index is 0.0160. The van der Waals surface area contributed by atoms with Crippen LogP contribution in [0.3, 0.4) is 0 Å². The van der Waals surface area contributed by atoms with Gasteiger partial charge in [0.15, 0.2) is 0 Å². The Morgan fingerprint density at radius 3 is 2.45 bits per heavy atom. The lowest BCUT2D eigenvalue weighted by molar-refractivity contribution is -0.173. The average molecular weight is 291 g/mol. The molecule has 7 heteroatoms. The fraction of sp³-hybridized carbons (Fsp3) is 0.462. The maximum atomic E-state index is 11.8. The predicted molar refractivity (Wildman–Crippen MR) is 66.8 cm³/mol. The number of hydrogen-bond acceptors (Lipinski definition) is 3. The number of nitrogens with one attached hydrogen (secondary N) is 1. The van der Waals surface area contributed by atoms with E-state index < -0.39 is 12.8 Å². The summed E-state index contributed by atoms with van der Waals surface area (Å²) in [7, 11) is 0. The van der Waals surface area contributed by atoms with Crippen LogP contribution in [0.15, 0.2) is 24.3 Å². The maximum Gasteiger partial charge on any atom is 0.411 e. The van der Waals surface area contributed by atoms with Crippen LogP contribution in [0.2, 0.25) is 0 Å². The van der Waals surface area contributed by atoms with Crippen molar-refractivity contribution >= 4 is 5.91 Å². The molecule has 0 heterocycles. The van der Waals surface area contributed by atoms with Crippen LogP contribution in [-0.2, 0) is 4.74 Å². The van der Waals surface area contributed by atoms with E-state index in [0.29, 0.717) is 17.9 Å². The molecule has 0 spiro atoms. The standard InChI is InChI=1S/C13H16F3NO3/c1-2-20-11-5-3-10(4-6-11)12(18)17-7-8-19-9-13(14,15)16/h3-6H,2,7-9H2,1H3,(H,17,18). The molecular formula is C13H16F3NO3. The Morgan fingerprint density at radius 1 is 1.25 bits per heavy atom. The Kier molecular flexibility index (Phi) is 6.30. The van der Waals surface area contributed by atoms with Gasteiger partial charge in [0.1, 0.15) is 12.4 Å². The molecule has 1 rings (SSSR count). The van der Waals surface area contributed by atoms with Gasteiger partial charge < -0.3 is 14.8 Å². The smallest absolute Gasteiger partial charge is 0.411 e. The summed E-state index contributed by atoms with van der Waals surface area (Å²) in [5, 5.41) is 2.46. The highest BCUT2D eigenvalue weighted by Crippen LogP contribution is 2.14. The first kappa shape index (κ1) is 16.3. The van der Waals surface area contributed by atoms with Crippen molar-refractivity contribution < 1.29 is 27.4 Å². The topological polar surface area (TPSA) is 47.6 Å². The van der Waals surface area contributed by atoms with E-state index in [1.165, 1.54) is 0 Å². The Labute approximate surface area is 114 Å². The Bertz CT molecular complexity index is 418. The van der Waals surface area contributed by atoms with E-state index in [2.05, 4.69) is 10.1 Å². The van der Waals surface area contributed by atoms with E-state index in [1.807, 2.05) is 6.92 Å². The number of hydrogen-bond donors (Lipinski definition) is 1. The summed E-state index contributed by atoms with van der Waals surface area (Å²) in [6.07, 6.45) is -4.35. The van der Waals surface area contributed by atoms with Crippen LogP contribution in [0.5, 0.6) is 5.75 Å². The zero-order valence-corrected chi connectivity index (χ0v) is 11.0. The van der Waals surface area contributed by atoms with Gasteiger partial charge in [-0.25, -0.2) is 0 Å². The molecule has 0 aromatic heterocycles. The van der Waals surface area contributed by atoms with Crippen LogP contribution in [-0.4, -0.2) is 38.4 Å². The number of halogens is 3. The van der Waals surface area contributed by atoms with Crippen molar-refractivity contribution in [1.29, 1.82) is 0 Å². The van der Waals surface area contributed by atoms with Crippen LogP contribution in [0.25, 0.3) is 0 Å². The second-order valence-electron chi connectivity index (χ2n) is 3.88. The molecule has 20 heavy (non-hydrogen) atoms. The molecule has 1 amide bonds. The van der Waals surface area contributed by atoms with Crippen molar-refractivity contribution in [1.82, 2.24) is 5.32 Å². The monoisotopic (exact) mass is 291 g/mol. The number of ether oxygens (including phenoxy) is 2. The predicted octanol–water partition coefficient (Wildman–Crippen LogP) is 2.39. The van der Waals surface area contributed by atoms with Crippen molar-refractivity contribution in [2.24, 2.45) is 0 Å². The molecule has 0 unspecified atom stereocenters. The number of carbonyl (C=O) groups is 1. The third kappa shape index (κ3) is 6.42. The molecule has 0 aliphatic rings. The van der Waals surface area contributed by atoms with Gasteiger partial charge in [-0.2, -0.15) is 13.2 Å². The minimum atomic E-state index is -4.35. The van der Waals surface area contributed by atoms with Gasteiger partial charge in [0.25, 0.3) is 5.91 Å². The summed E-state index contributed by atoms with van der Waals surface area (Å²) in [6.45, 7) is 0.889. The van der Waals surface area contributed by atoms with E-state index in [4.69, 9.17) is 4.74 Å². The molecule has 0 aliphatic carbocycles. The third-order valence-corrected chi connectivity index (χ3v) is 2.23. The molecule has 1 aromatic rings. The number of amides is 1. The highest BCUT2D eigenvalue weighted by atomic mass is 19.4. The number of benzene rings is 1. The van der Waals surface area contributed by atoms with Crippen molar-refractivity contribution in [2.75, 3.05) is 26.4 Å². The van der Waals surface area contributed by atoms with Gasteiger partial charge in [0.05, 0.1) is 13.2 Å². The summed E-state index contributed by atoms with van der Waals surface area (Å²) in [5.74, 6) is 0.279. The maximum absolute atomic E-state index is 11.8. The lowest BCUT2D eigenvalue weighted by Gasteiger charge is -2.09. The molecule has 4 nitrogen and oxygen atoms in total. The van der Waals surface area contributed by atoms with E-state index in [1.54, 1.807) is 24.3 Å². The molecule has 1 N–H and O–H groups in total. The van der Waals surface area contributed by atoms with Crippen LogP contribution < -0.4 is 10.1 Å². The van der Waals surface area contributed by atoms with Crippen molar-refractivity contribution in [3.63, 3.8) is 0 Å². The van der Waals surface area contributed by atoms with Gasteiger partial charge in [-0.1, -0.05) is 0 Å². The van der Waals surface area contributed by atoms with Gasteiger partial charge in [-0.15, -0.1) is 0 Å². The number of rotatable bonds is 7. The molecule has 0 fully saturated rings.